The van der Waals surface area contributed by atoms with Crippen LogP contribution in [0.25, 0.3) is 0 Å². The quantitative estimate of drug-likeness (QED) is 0.453. The molecule has 8 nitrogen and oxygen atoms in total. The molecule has 0 aliphatic carbocycles. The summed E-state index contributed by atoms with van der Waals surface area (Å²) < 4.78 is 0. The number of carboxylic acids is 2. The van der Waals surface area contributed by atoms with Gasteiger partial charge < -0.3 is 25.7 Å². The number of likely N-dealkylation sites (N-methyl/N-ethyl adjacent to an activating group) is 1. The lowest BCUT2D eigenvalue weighted by Gasteiger charge is -2.16. The number of nitrogens with zero attached hydrogens (tertiary/aromatic N) is 1. The maximum Gasteiger partial charge on any atom is 0.326 e. The first-order valence-electron chi connectivity index (χ1n) is 6.04. The standard InChI is InChI=1S/C11H21N3O5/c1-3-14(2)7-6-12-11(19)13-8(10(17)18)4-5-9(15)16/h8H,3-7H2,1-2H3,(H,15,16)(H,17,18)(H2,12,13,19). The van der Waals surface area contributed by atoms with Crippen molar-refractivity contribution in [2.75, 3.05) is 26.7 Å². The van der Waals surface area contributed by atoms with Crippen molar-refractivity contribution >= 4 is 18.0 Å². The average molecular weight is 275 g/mol. The number of carbonyl (C=O) groups excluding carboxylic acids is 1. The third kappa shape index (κ3) is 8.83. The molecule has 19 heavy (non-hydrogen) atoms. The van der Waals surface area contributed by atoms with E-state index in [0.717, 1.165) is 6.54 Å². The molecule has 2 amide bonds. The molecule has 4 N–H and O–H groups in total. The zero-order valence-corrected chi connectivity index (χ0v) is 11.2. The number of urea groups is 1. The Kier molecular flexibility index (Phi) is 8.27. The number of hydrogen-bond acceptors (Lipinski definition) is 4. The number of hydrogen-bond donors (Lipinski definition) is 4. The van der Waals surface area contributed by atoms with E-state index >= 15 is 0 Å². The molecular formula is C11H21N3O5. The van der Waals surface area contributed by atoms with E-state index in [0.29, 0.717) is 13.1 Å². The summed E-state index contributed by atoms with van der Waals surface area (Å²) in [4.78, 5) is 34.6. The lowest BCUT2D eigenvalue weighted by molar-refractivity contribution is -0.140. The summed E-state index contributed by atoms with van der Waals surface area (Å²) in [5, 5.41) is 22.1. The van der Waals surface area contributed by atoms with Gasteiger partial charge in [0.25, 0.3) is 0 Å². The van der Waals surface area contributed by atoms with Gasteiger partial charge in [0, 0.05) is 19.5 Å². The summed E-state index contributed by atoms with van der Waals surface area (Å²) in [5.41, 5.74) is 0. The molecule has 0 aromatic rings. The van der Waals surface area contributed by atoms with Gasteiger partial charge in [-0.2, -0.15) is 0 Å². The lowest BCUT2D eigenvalue weighted by Crippen LogP contribution is -2.47. The van der Waals surface area contributed by atoms with Crippen LogP contribution in [-0.4, -0.2) is 65.8 Å². The predicted molar refractivity (Wildman–Crippen MR) is 68.0 cm³/mol. The number of nitrogens with one attached hydrogen (secondary N) is 2. The number of carbonyl (C=O) groups is 3. The van der Waals surface area contributed by atoms with Crippen LogP contribution >= 0.6 is 0 Å². The first-order chi connectivity index (χ1) is 8.86. The summed E-state index contributed by atoms with van der Waals surface area (Å²) in [7, 11) is 1.90. The molecule has 1 unspecified atom stereocenters. The van der Waals surface area contributed by atoms with Gasteiger partial charge >= 0.3 is 18.0 Å². The fourth-order valence-electron chi connectivity index (χ4n) is 1.25. The van der Waals surface area contributed by atoms with E-state index in [1.807, 2.05) is 18.9 Å². The Morgan fingerprint density at radius 2 is 1.89 bits per heavy atom. The van der Waals surface area contributed by atoms with Gasteiger partial charge in [-0.3, -0.25) is 4.79 Å². The zero-order valence-electron chi connectivity index (χ0n) is 11.2. The van der Waals surface area contributed by atoms with Crippen LogP contribution in [0.5, 0.6) is 0 Å². The highest BCUT2D eigenvalue weighted by atomic mass is 16.4. The van der Waals surface area contributed by atoms with Gasteiger partial charge in [-0.05, 0) is 20.0 Å². The van der Waals surface area contributed by atoms with Crippen molar-refractivity contribution in [2.24, 2.45) is 0 Å². The Bertz CT molecular complexity index is 321. The molecule has 0 saturated heterocycles. The van der Waals surface area contributed by atoms with Crippen molar-refractivity contribution in [1.82, 2.24) is 15.5 Å². The molecule has 0 fully saturated rings. The molecule has 0 saturated carbocycles. The molecule has 1 atom stereocenters. The van der Waals surface area contributed by atoms with Crippen LogP contribution in [0.2, 0.25) is 0 Å². The van der Waals surface area contributed by atoms with Crippen LogP contribution in [0.3, 0.4) is 0 Å². The number of aliphatic carboxylic acids is 2. The largest absolute Gasteiger partial charge is 0.481 e. The topological polar surface area (TPSA) is 119 Å². The van der Waals surface area contributed by atoms with Crippen LogP contribution in [0.4, 0.5) is 4.79 Å². The summed E-state index contributed by atoms with van der Waals surface area (Å²) in [6.45, 7) is 3.87. The zero-order chi connectivity index (χ0) is 14.8. The molecule has 0 spiro atoms. The summed E-state index contributed by atoms with van der Waals surface area (Å²) in [6.07, 6.45) is -0.456. The normalized spacial score (nSPS) is 11.9. The van der Waals surface area contributed by atoms with Crippen molar-refractivity contribution in [3.05, 3.63) is 0 Å². The van der Waals surface area contributed by atoms with Crippen LogP contribution in [0.1, 0.15) is 19.8 Å². The molecule has 8 heteroatoms. The summed E-state index contributed by atoms with van der Waals surface area (Å²) in [5.74, 6) is -2.35. The van der Waals surface area contributed by atoms with Crippen molar-refractivity contribution in [3.63, 3.8) is 0 Å². The van der Waals surface area contributed by atoms with E-state index in [9.17, 15) is 14.4 Å². The second-order valence-electron chi connectivity index (χ2n) is 4.12. The van der Waals surface area contributed by atoms with E-state index in [2.05, 4.69) is 10.6 Å². The van der Waals surface area contributed by atoms with Gasteiger partial charge in [0.1, 0.15) is 6.04 Å². The van der Waals surface area contributed by atoms with Crippen LogP contribution in [0.15, 0.2) is 0 Å². The third-order valence-electron chi connectivity index (χ3n) is 2.57. The molecule has 0 aliphatic heterocycles. The summed E-state index contributed by atoms with van der Waals surface area (Å²) >= 11 is 0. The molecule has 0 rings (SSSR count). The van der Waals surface area contributed by atoms with Crippen molar-refractivity contribution in [2.45, 2.75) is 25.8 Å². The Balaban J connectivity index is 4.03. The molecule has 0 aromatic heterocycles. The molecule has 0 aliphatic rings. The van der Waals surface area contributed by atoms with Crippen LogP contribution in [-0.2, 0) is 9.59 Å². The molecular weight excluding hydrogens is 254 g/mol. The number of amides is 2. The number of carboxylic acid groups (broad SMARTS) is 2. The average Bonchev–Trinajstić information content (AvgIpc) is 2.33. The second-order valence-corrected chi connectivity index (χ2v) is 4.12. The maximum absolute atomic E-state index is 11.4. The van der Waals surface area contributed by atoms with E-state index in [1.54, 1.807) is 0 Å². The SMILES string of the molecule is CCN(C)CCNC(=O)NC(CCC(=O)O)C(=O)O. The van der Waals surface area contributed by atoms with Gasteiger partial charge in [-0.25, -0.2) is 9.59 Å². The molecule has 0 radical (unpaired) electrons. The van der Waals surface area contributed by atoms with Crippen molar-refractivity contribution in [3.8, 4) is 0 Å². The minimum Gasteiger partial charge on any atom is -0.481 e. The Morgan fingerprint density at radius 3 is 2.37 bits per heavy atom. The van der Waals surface area contributed by atoms with Gasteiger partial charge in [0.05, 0.1) is 0 Å². The highest BCUT2D eigenvalue weighted by Crippen LogP contribution is 1.97. The maximum atomic E-state index is 11.4. The monoisotopic (exact) mass is 275 g/mol. The second kappa shape index (κ2) is 9.15. The Labute approximate surface area is 111 Å². The first kappa shape index (κ1) is 17.2. The molecule has 0 heterocycles. The van der Waals surface area contributed by atoms with Crippen LogP contribution < -0.4 is 10.6 Å². The minimum atomic E-state index is -1.25. The smallest absolute Gasteiger partial charge is 0.326 e. The van der Waals surface area contributed by atoms with Crippen LogP contribution in [0, 0.1) is 0 Å². The van der Waals surface area contributed by atoms with Crippen molar-refractivity contribution in [1.29, 1.82) is 0 Å². The van der Waals surface area contributed by atoms with Gasteiger partial charge in [0.15, 0.2) is 0 Å². The number of rotatable bonds is 9. The fourth-order valence-corrected chi connectivity index (χ4v) is 1.25. The van der Waals surface area contributed by atoms with Crippen molar-refractivity contribution < 1.29 is 24.6 Å². The first-order valence-corrected chi connectivity index (χ1v) is 6.04. The molecule has 110 valence electrons. The minimum absolute atomic E-state index is 0.146. The Morgan fingerprint density at radius 1 is 1.26 bits per heavy atom. The third-order valence-corrected chi connectivity index (χ3v) is 2.57. The molecule has 0 aromatic carbocycles. The summed E-state index contributed by atoms with van der Waals surface area (Å²) in [6, 6.07) is -1.80. The van der Waals surface area contributed by atoms with Gasteiger partial charge in [-0.1, -0.05) is 6.92 Å². The highest BCUT2D eigenvalue weighted by Gasteiger charge is 2.20. The highest BCUT2D eigenvalue weighted by molar-refractivity contribution is 5.82. The molecule has 0 bridgehead atoms. The lowest BCUT2D eigenvalue weighted by atomic mass is 10.1. The van der Waals surface area contributed by atoms with E-state index < -0.39 is 24.0 Å². The van der Waals surface area contributed by atoms with Gasteiger partial charge in [0.2, 0.25) is 0 Å². The van der Waals surface area contributed by atoms with Gasteiger partial charge in [-0.15, -0.1) is 0 Å². The fraction of sp³-hybridized carbons (Fsp3) is 0.727. The Hall–Kier alpha value is -1.83. The predicted octanol–water partition coefficient (Wildman–Crippen LogP) is -0.445. The van der Waals surface area contributed by atoms with E-state index in [-0.39, 0.29) is 12.8 Å². The van der Waals surface area contributed by atoms with E-state index in [4.69, 9.17) is 10.2 Å². The van der Waals surface area contributed by atoms with E-state index in [1.165, 1.54) is 0 Å².